The van der Waals surface area contributed by atoms with E-state index < -0.39 is 25.7 Å². The van der Waals surface area contributed by atoms with Gasteiger partial charge in [0.05, 0.1) is 9.82 Å². The van der Waals surface area contributed by atoms with Crippen molar-refractivity contribution >= 4 is 32.2 Å². The van der Waals surface area contributed by atoms with Gasteiger partial charge in [-0.25, -0.2) is 8.42 Å². The van der Waals surface area contributed by atoms with Crippen molar-refractivity contribution in [3.8, 4) is 0 Å². The summed E-state index contributed by atoms with van der Waals surface area (Å²) in [6, 6.07) is 4.10. The van der Waals surface area contributed by atoms with Gasteiger partial charge in [-0.1, -0.05) is 19.8 Å². The predicted molar refractivity (Wildman–Crippen MR) is 114 cm³/mol. The van der Waals surface area contributed by atoms with Crippen LogP contribution in [0, 0.1) is 10.1 Å². The van der Waals surface area contributed by atoms with Gasteiger partial charge in [-0.3, -0.25) is 14.3 Å². The van der Waals surface area contributed by atoms with Crippen LogP contribution in [0.4, 0.5) is 11.4 Å². The highest BCUT2D eigenvalue weighted by molar-refractivity contribution is 7.89. The number of nitrogens with one attached hydrogen (secondary N) is 1. The number of nitro groups is 1. The molecule has 3 atom stereocenters. The Morgan fingerprint density at radius 1 is 1.21 bits per heavy atom. The predicted octanol–water partition coefficient (Wildman–Crippen LogP) is 3.26. The maximum atomic E-state index is 12.9. The summed E-state index contributed by atoms with van der Waals surface area (Å²) in [5.41, 5.74) is 0.0855. The second-order valence-corrected chi connectivity index (χ2v) is 11.6. The molecule has 3 unspecified atom stereocenters. The molecule has 10 heteroatoms. The number of piperidine rings is 1. The van der Waals surface area contributed by atoms with Crippen LogP contribution in [-0.2, 0) is 20.8 Å². The number of hydrogen-bond acceptors (Lipinski definition) is 6. The van der Waals surface area contributed by atoms with Crippen molar-refractivity contribution in [2.24, 2.45) is 0 Å². The molecular formula is C19H29N3O5S2. The molecule has 0 amide bonds. The summed E-state index contributed by atoms with van der Waals surface area (Å²) in [6.45, 7) is 2.81. The summed E-state index contributed by atoms with van der Waals surface area (Å²) in [6.07, 6.45) is 6.00. The van der Waals surface area contributed by atoms with Crippen molar-refractivity contribution in [1.29, 1.82) is 0 Å². The van der Waals surface area contributed by atoms with Crippen LogP contribution in [0.3, 0.4) is 0 Å². The van der Waals surface area contributed by atoms with E-state index in [-0.39, 0.29) is 21.9 Å². The van der Waals surface area contributed by atoms with Crippen molar-refractivity contribution in [3.63, 3.8) is 0 Å². The first-order valence-corrected chi connectivity index (χ1v) is 13.1. The van der Waals surface area contributed by atoms with Crippen LogP contribution in [-0.4, -0.2) is 52.0 Å². The molecule has 1 aliphatic heterocycles. The summed E-state index contributed by atoms with van der Waals surface area (Å²) in [5.74, 6) is 0.612. The van der Waals surface area contributed by atoms with Gasteiger partial charge in [0, 0.05) is 47.0 Å². The molecule has 0 radical (unpaired) electrons. The fourth-order valence-electron chi connectivity index (χ4n) is 4.17. The van der Waals surface area contributed by atoms with E-state index in [9.17, 15) is 22.7 Å². The summed E-state index contributed by atoms with van der Waals surface area (Å²) >= 11 is 0. The average Bonchev–Trinajstić information content (AvgIpc) is 2.74. The minimum absolute atomic E-state index is 0.00694. The maximum Gasteiger partial charge on any atom is 0.293 e. The van der Waals surface area contributed by atoms with Crippen LogP contribution in [0.1, 0.15) is 51.9 Å². The van der Waals surface area contributed by atoms with Crippen LogP contribution < -0.4 is 5.32 Å². The van der Waals surface area contributed by atoms with E-state index >= 15 is 0 Å². The second-order valence-electron chi connectivity index (χ2n) is 7.70. The number of nitrogens with zero attached hydrogens (tertiary/aromatic N) is 2. The molecule has 1 aliphatic carbocycles. The Morgan fingerprint density at radius 2 is 1.93 bits per heavy atom. The van der Waals surface area contributed by atoms with Gasteiger partial charge in [0.25, 0.3) is 5.69 Å². The van der Waals surface area contributed by atoms with Crippen molar-refractivity contribution in [2.45, 2.75) is 68.1 Å². The molecule has 0 bridgehead atoms. The van der Waals surface area contributed by atoms with E-state index in [1.807, 2.05) is 6.92 Å². The van der Waals surface area contributed by atoms with Crippen LogP contribution in [0.5, 0.6) is 0 Å². The smallest absolute Gasteiger partial charge is 0.293 e. The molecule has 29 heavy (non-hydrogen) atoms. The Kier molecular flexibility index (Phi) is 7.28. The fourth-order valence-corrected chi connectivity index (χ4v) is 7.06. The number of nitro benzene ring substituents is 1. The highest BCUT2D eigenvalue weighted by Crippen LogP contribution is 2.33. The zero-order valence-corrected chi connectivity index (χ0v) is 18.3. The molecule has 0 aromatic heterocycles. The Morgan fingerprint density at radius 3 is 2.59 bits per heavy atom. The monoisotopic (exact) mass is 443 g/mol. The molecule has 0 spiro atoms. The zero-order valence-electron chi connectivity index (χ0n) is 16.7. The summed E-state index contributed by atoms with van der Waals surface area (Å²) in [4.78, 5) is 11.1. The molecule has 162 valence electrons. The molecule has 1 saturated carbocycles. The first kappa shape index (κ1) is 22.2. The fraction of sp³-hybridized carbons (Fsp3) is 0.684. The topological polar surface area (TPSA) is 110 Å². The molecule has 1 heterocycles. The molecule has 1 saturated heterocycles. The largest absolute Gasteiger partial charge is 0.377 e. The van der Waals surface area contributed by atoms with E-state index in [4.69, 9.17) is 0 Å². The van der Waals surface area contributed by atoms with Gasteiger partial charge in [-0.15, -0.1) is 0 Å². The summed E-state index contributed by atoms with van der Waals surface area (Å²) in [5, 5.41) is 15.0. The molecule has 2 fully saturated rings. The lowest BCUT2D eigenvalue weighted by Gasteiger charge is -2.30. The third-order valence-electron chi connectivity index (χ3n) is 5.76. The molecular weight excluding hydrogens is 414 g/mol. The van der Waals surface area contributed by atoms with E-state index in [1.54, 1.807) is 0 Å². The molecule has 1 aromatic carbocycles. The lowest BCUT2D eigenvalue weighted by molar-refractivity contribution is -0.384. The SMILES string of the molecule is CCS(=O)C1CCCC(Nc2ccc(S(=O)(=O)N3CCCCC3)cc2[N+](=O)[O-])C1. The van der Waals surface area contributed by atoms with Crippen molar-refractivity contribution in [3.05, 3.63) is 28.3 Å². The number of anilines is 1. The number of hydrogen-bond donors (Lipinski definition) is 1. The minimum Gasteiger partial charge on any atom is -0.377 e. The van der Waals surface area contributed by atoms with E-state index in [0.29, 0.717) is 31.0 Å². The van der Waals surface area contributed by atoms with Crippen LogP contribution in [0.15, 0.2) is 23.1 Å². The molecule has 1 aromatic rings. The van der Waals surface area contributed by atoms with Gasteiger partial charge in [0.1, 0.15) is 5.69 Å². The second kappa shape index (κ2) is 9.53. The summed E-state index contributed by atoms with van der Waals surface area (Å²) < 4.78 is 39.3. The average molecular weight is 444 g/mol. The number of rotatable bonds is 7. The molecule has 8 nitrogen and oxygen atoms in total. The van der Waals surface area contributed by atoms with Gasteiger partial charge >= 0.3 is 0 Å². The Bertz CT molecular complexity index is 869. The normalized spacial score (nSPS) is 24.7. The minimum atomic E-state index is -3.73. The van der Waals surface area contributed by atoms with Crippen LogP contribution in [0.25, 0.3) is 0 Å². The van der Waals surface area contributed by atoms with Crippen LogP contribution in [0.2, 0.25) is 0 Å². The van der Waals surface area contributed by atoms with E-state index in [0.717, 1.165) is 44.6 Å². The number of benzene rings is 1. The quantitative estimate of drug-likeness (QED) is 0.512. The van der Waals surface area contributed by atoms with Gasteiger partial charge < -0.3 is 5.32 Å². The highest BCUT2D eigenvalue weighted by atomic mass is 32.2. The van der Waals surface area contributed by atoms with Gasteiger partial charge in [0.15, 0.2) is 0 Å². The van der Waals surface area contributed by atoms with Crippen LogP contribution >= 0.6 is 0 Å². The Labute approximate surface area is 174 Å². The highest BCUT2D eigenvalue weighted by Gasteiger charge is 2.30. The first-order valence-electron chi connectivity index (χ1n) is 10.2. The Hall–Kier alpha value is -1.52. The molecule has 3 rings (SSSR count). The zero-order chi connectivity index (χ0) is 21.0. The maximum absolute atomic E-state index is 12.9. The molecule has 2 aliphatic rings. The van der Waals surface area contributed by atoms with E-state index in [2.05, 4.69) is 5.32 Å². The molecule has 1 N–H and O–H groups in total. The van der Waals surface area contributed by atoms with Gasteiger partial charge in [0.2, 0.25) is 10.0 Å². The van der Waals surface area contributed by atoms with Crippen molar-refractivity contribution in [1.82, 2.24) is 4.31 Å². The van der Waals surface area contributed by atoms with Gasteiger partial charge in [-0.2, -0.15) is 4.31 Å². The van der Waals surface area contributed by atoms with Gasteiger partial charge in [-0.05, 0) is 44.2 Å². The first-order chi connectivity index (χ1) is 13.8. The summed E-state index contributed by atoms with van der Waals surface area (Å²) in [7, 11) is -4.61. The Balaban J connectivity index is 1.81. The standard InChI is InChI=1S/C19H29N3O5S2/c1-2-28(25)16-8-6-7-15(13-16)20-18-10-9-17(14-19(18)22(23)24)29(26,27)21-11-4-3-5-12-21/h9-10,14-16,20H,2-8,11-13H2,1H3. The van der Waals surface area contributed by atoms with E-state index in [1.165, 1.54) is 16.4 Å². The third kappa shape index (κ3) is 5.16. The number of sulfonamides is 1. The lowest BCUT2D eigenvalue weighted by atomic mass is 9.94. The lowest BCUT2D eigenvalue weighted by Crippen LogP contribution is -2.35. The van der Waals surface area contributed by atoms with Crippen molar-refractivity contribution < 1.29 is 17.6 Å². The third-order valence-corrected chi connectivity index (χ3v) is 9.40. The van der Waals surface area contributed by atoms with Crippen molar-refractivity contribution in [2.75, 3.05) is 24.2 Å².